The van der Waals surface area contributed by atoms with Gasteiger partial charge in [0.05, 0.1) is 0 Å². The number of nitrogens with zero attached hydrogens (tertiary/aromatic N) is 3. The van der Waals surface area contributed by atoms with Crippen LogP contribution in [0.3, 0.4) is 0 Å². The molecule has 0 aromatic heterocycles. The maximum absolute atomic E-state index is 5.75. The van der Waals surface area contributed by atoms with E-state index in [9.17, 15) is 0 Å². The molecule has 0 rings (SSSR count). The zero-order valence-electron chi connectivity index (χ0n) is 15.0. The summed E-state index contributed by atoms with van der Waals surface area (Å²) in [6.45, 7) is 5.23. The third-order valence-corrected chi connectivity index (χ3v) is 6.63. The van der Waals surface area contributed by atoms with E-state index in [2.05, 4.69) is 63.5 Å². The molecule has 0 aliphatic carbocycles. The molecule has 0 heterocycles. The third-order valence-electron chi connectivity index (χ3n) is 3.51. The average molecular weight is 306 g/mol. The maximum atomic E-state index is 5.75. The highest BCUT2D eigenvalue weighted by Gasteiger charge is 2.43. The van der Waals surface area contributed by atoms with Crippen molar-refractivity contribution in [2.24, 2.45) is 5.41 Å². The van der Waals surface area contributed by atoms with Crippen LogP contribution in [0, 0.1) is 5.41 Å². The van der Waals surface area contributed by atoms with Crippen molar-refractivity contribution in [1.82, 2.24) is 14.7 Å². The lowest BCUT2D eigenvalue weighted by Crippen LogP contribution is -2.53. The van der Waals surface area contributed by atoms with E-state index in [1.54, 1.807) is 14.2 Å². The molecule has 0 saturated carbocycles. The highest BCUT2D eigenvalue weighted by Crippen LogP contribution is 2.32. The van der Waals surface area contributed by atoms with Gasteiger partial charge in [-0.05, 0) is 48.8 Å². The minimum Gasteiger partial charge on any atom is -0.398 e. The second-order valence-corrected chi connectivity index (χ2v) is 10.4. The van der Waals surface area contributed by atoms with Crippen LogP contribution in [0.15, 0.2) is 0 Å². The fraction of sp³-hybridized carbons (Fsp3) is 1.00. The summed E-state index contributed by atoms with van der Waals surface area (Å²) in [5.74, 6) is 0. The normalized spacial score (nSPS) is 13.8. The summed E-state index contributed by atoms with van der Waals surface area (Å²) < 4.78 is 11.5. The lowest BCUT2D eigenvalue weighted by molar-refractivity contribution is 0.107. The molecule has 20 heavy (non-hydrogen) atoms. The summed E-state index contributed by atoms with van der Waals surface area (Å²) in [6, 6.07) is 0.988. The van der Waals surface area contributed by atoms with Gasteiger partial charge in [0.25, 0.3) is 0 Å². The Balaban J connectivity index is 5.34. The van der Waals surface area contributed by atoms with Crippen molar-refractivity contribution in [3.8, 4) is 0 Å². The average Bonchev–Trinajstić information content (AvgIpc) is 2.25. The Labute approximate surface area is 127 Å². The molecule has 0 bridgehead atoms. The van der Waals surface area contributed by atoms with Gasteiger partial charge in [0, 0.05) is 45.3 Å². The Morgan fingerprint density at radius 1 is 0.750 bits per heavy atom. The fourth-order valence-electron chi connectivity index (χ4n) is 3.24. The maximum Gasteiger partial charge on any atom is 0.335 e. The minimum atomic E-state index is -2.11. The van der Waals surface area contributed by atoms with E-state index in [1.807, 2.05) is 0 Å². The lowest BCUT2D eigenvalue weighted by atomic mass is 9.88. The second kappa shape index (κ2) is 8.46. The smallest absolute Gasteiger partial charge is 0.335 e. The van der Waals surface area contributed by atoms with Crippen LogP contribution < -0.4 is 0 Å². The number of hydrogen-bond acceptors (Lipinski definition) is 5. The molecule has 6 heteroatoms. The Hall–Kier alpha value is 0.0169. The zero-order valence-corrected chi connectivity index (χ0v) is 16.0. The fourth-order valence-corrected chi connectivity index (χ4v) is 5.39. The van der Waals surface area contributed by atoms with Gasteiger partial charge in [0.2, 0.25) is 0 Å². The van der Waals surface area contributed by atoms with E-state index >= 15 is 0 Å². The highest BCUT2D eigenvalue weighted by molar-refractivity contribution is 6.66. The van der Waals surface area contributed by atoms with Gasteiger partial charge in [-0.3, -0.25) is 0 Å². The number of rotatable bonds is 10. The van der Waals surface area contributed by atoms with Gasteiger partial charge in [0.15, 0.2) is 0 Å². The van der Waals surface area contributed by atoms with Crippen LogP contribution in [-0.4, -0.2) is 99.4 Å². The van der Waals surface area contributed by atoms with E-state index in [0.29, 0.717) is 0 Å². The zero-order chi connectivity index (χ0) is 16.0. The minimum absolute atomic E-state index is 0.142. The Bertz CT molecular complexity index is 243. The SMILES string of the molecule is CO[Si](C)(CC(CN(C)C)(CN(C)C)CN(C)C)OC. The Morgan fingerprint density at radius 2 is 1.05 bits per heavy atom. The predicted molar refractivity (Wildman–Crippen MR) is 88.5 cm³/mol. The molecular formula is C14H35N3O2Si. The van der Waals surface area contributed by atoms with Gasteiger partial charge in [0.1, 0.15) is 0 Å². The van der Waals surface area contributed by atoms with Crippen LogP contribution in [0.4, 0.5) is 0 Å². The van der Waals surface area contributed by atoms with Gasteiger partial charge in [-0.1, -0.05) is 0 Å². The summed E-state index contributed by atoms with van der Waals surface area (Å²) in [5.41, 5.74) is 0.142. The molecule has 0 fully saturated rings. The van der Waals surface area contributed by atoms with Crippen LogP contribution in [0.25, 0.3) is 0 Å². The first-order valence-corrected chi connectivity index (χ1v) is 9.65. The Kier molecular flexibility index (Phi) is 8.46. The molecule has 5 nitrogen and oxygen atoms in total. The van der Waals surface area contributed by atoms with Crippen molar-refractivity contribution in [2.45, 2.75) is 12.6 Å². The molecule has 0 aliphatic heterocycles. The van der Waals surface area contributed by atoms with Gasteiger partial charge in [-0.2, -0.15) is 0 Å². The summed E-state index contributed by atoms with van der Waals surface area (Å²) in [4.78, 5) is 6.81. The van der Waals surface area contributed by atoms with E-state index in [0.717, 1.165) is 25.7 Å². The third kappa shape index (κ3) is 7.15. The largest absolute Gasteiger partial charge is 0.398 e. The molecule has 0 radical (unpaired) electrons. The number of hydrogen-bond donors (Lipinski definition) is 0. The van der Waals surface area contributed by atoms with Crippen LogP contribution in [0.1, 0.15) is 0 Å². The highest BCUT2D eigenvalue weighted by atomic mass is 28.4. The van der Waals surface area contributed by atoms with Crippen molar-refractivity contribution in [1.29, 1.82) is 0 Å². The molecule has 0 aromatic carbocycles. The lowest BCUT2D eigenvalue weighted by Gasteiger charge is -2.43. The quantitative estimate of drug-likeness (QED) is 0.562. The van der Waals surface area contributed by atoms with Gasteiger partial charge < -0.3 is 23.6 Å². The molecule has 122 valence electrons. The molecular weight excluding hydrogens is 270 g/mol. The summed E-state index contributed by atoms with van der Waals surface area (Å²) >= 11 is 0. The molecule has 0 unspecified atom stereocenters. The standard InChI is InChI=1S/C14H35N3O2Si/c1-15(2)10-14(11-16(3)4,12-17(5)6)13-20(9,18-7)19-8/h10-13H2,1-9H3. The van der Waals surface area contributed by atoms with Crippen molar-refractivity contribution in [2.75, 3.05) is 76.1 Å². The first-order valence-electron chi connectivity index (χ1n) is 7.12. The van der Waals surface area contributed by atoms with Crippen LogP contribution >= 0.6 is 0 Å². The van der Waals surface area contributed by atoms with Gasteiger partial charge in [-0.25, -0.2) is 0 Å². The van der Waals surface area contributed by atoms with Crippen molar-refractivity contribution in [3.05, 3.63) is 0 Å². The molecule has 0 aromatic rings. The predicted octanol–water partition coefficient (Wildman–Crippen LogP) is 1.02. The van der Waals surface area contributed by atoms with Crippen molar-refractivity contribution >= 4 is 8.56 Å². The topological polar surface area (TPSA) is 28.2 Å². The van der Waals surface area contributed by atoms with Crippen LogP contribution in [0.2, 0.25) is 12.6 Å². The summed E-state index contributed by atoms with van der Waals surface area (Å²) in [5, 5.41) is 0. The Morgan fingerprint density at radius 3 is 1.25 bits per heavy atom. The first kappa shape index (κ1) is 20.0. The molecule has 0 aliphatic rings. The first-order chi connectivity index (χ1) is 9.08. The van der Waals surface area contributed by atoms with E-state index in [-0.39, 0.29) is 5.41 Å². The molecule has 0 amide bonds. The van der Waals surface area contributed by atoms with Crippen LogP contribution in [0.5, 0.6) is 0 Å². The molecule has 0 N–H and O–H groups in total. The van der Waals surface area contributed by atoms with Crippen molar-refractivity contribution < 1.29 is 8.85 Å². The van der Waals surface area contributed by atoms with Crippen LogP contribution in [-0.2, 0) is 8.85 Å². The van der Waals surface area contributed by atoms with Gasteiger partial charge >= 0.3 is 8.56 Å². The van der Waals surface area contributed by atoms with Crippen molar-refractivity contribution in [3.63, 3.8) is 0 Å². The van der Waals surface area contributed by atoms with E-state index < -0.39 is 8.56 Å². The molecule has 0 saturated heterocycles. The molecule has 0 spiro atoms. The summed E-state index contributed by atoms with van der Waals surface area (Å²) in [7, 11) is 14.3. The van der Waals surface area contributed by atoms with E-state index in [1.165, 1.54) is 0 Å². The monoisotopic (exact) mass is 305 g/mol. The molecule has 0 atom stereocenters. The second-order valence-electron chi connectivity index (χ2n) is 6.93. The van der Waals surface area contributed by atoms with E-state index in [4.69, 9.17) is 8.85 Å². The van der Waals surface area contributed by atoms with Gasteiger partial charge in [-0.15, -0.1) is 0 Å². The summed E-state index contributed by atoms with van der Waals surface area (Å²) in [6.07, 6.45) is 0.